The first-order valence-corrected chi connectivity index (χ1v) is 7.94. The lowest BCUT2D eigenvalue weighted by atomic mass is 9.88. The maximum absolute atomic E-state index is 12.8. The minimum absolute atomic E-state index is 0.0768. The quantitative estimate of drug-likeness (QED) is 0.799. The number of ether oxygens (including phenoxy) is 1. The molecule has 2 bridgehead atoms. The third kappa shape index (κ3) is 2.31. The van der Waals surface area contributed by atoms with E-state index < -0.39 is 0 Å². The summed E-state index contributed by atoms with van der Waals surface area (Å²) in [5, 5.41) is 10.6. The van der Waals surface area contributed by atoms with Gasteiger partial charge in [-0.05, 0) is 37.8 Å². The summed E-state index contributed by atoms with van der Waals surface area (Å²) in [4.78, 5) is 12.8. The molecule has 2 unspecified atom stereocenters. The summed E-state index contributed by atoms with van der Waals surface area (Å²) in [5.74, 6) is 0.692. The maximum atomic E-state index is 12.8. The summed E-state index contributed by atoms with van der Waals surface area (Å²) in [7, 11) is 1.53. The van der Waals surface area contributed by atoms with E-state index in [1.165, 1.54) is 20.0 Å². The van der Waals surface area contributed by atoms with E-state index in [0.717, 1.165) is 12.8 Å². The number of fused-ring (bicyclic) bond motifs is 2. The van der Waals surface area contributed by atoms with Crippen LogP contribution in [0.5, 0.6) is 5.75 Å². The molecular weight excluding hydrogens is 270 g/mol. The molecule has 2 aliphatic rings. The Bertz CT molecular complexity index is 566. The van der Waals surface area contributed by atoms with Gasteiger partial charge in [0.15, 0.2) is 5.78 Å². The fraction of sp³-hybridized carbons (Fsp3) is 0.500. The summed E-state index contributed by atoms with van der Waals surface area (Å²) in [6.45, 7) is 0. The molecule has 3 rings (SSSR count). The lowest BCUT2D eigenvalue weighted by Gasteiger charge is -2.26. The maximum Gasteiger partial charge on any atom is 0.167 e. The van der Waals surface area contributed by atoms with Crippen LogP contribution in [0.15, 0.2) is 18.2 Å². The molecule has 104 valence electrons. The molecule has 0 amide bonds. The van der Waals surface area contributed by atoms with Crippen molar-refractivity contribution < 1.29 is 9.53 Å². The summed E-state index contributed by atoms with van der Waals surface area (Å²) in [5.41, 5.74) is 0.911. The van der Waals surface area contributed by atoms with Crippen molar-refractivity contribution in [2.45, 2.75) is 36.2 Å². The Morgan fingerprint density at radius 3 is 2.65 bits per heavy atom. The second kappa shape index (κ2) is 5.49. The molecule has 0 aliphatic carbocycles. The zero-order valence-electron chi connectivity index (χ0n) is 11.5. The molecule has 1 aromatic rings. The second-order valence-electron chi connectivity index (χ2n) is 5.48. The van der Waals surface area contributed by atoms with E-state index in [9.17, 15) is 10.1 Å². The molecule has 2 atom stereocenters. The van der Waals surface area contributed by atoms with Crippen LogP contribution < -0.4 is 4.74 Å². The molecule has 0 aromatic heterocycles. The van der Waals surface area contributed by atoms with E-state index in [1.54, 1.807) is 18.2 Å². The highest BCUT2D eigenvalue weighted by Crippen LogP contribution is 2.46. The average Bonchev–Trinajstić information content (AvgIpc) is 2.83. The van der Waals surface area contributed by atoms with E-state index in [2.05, 4.69) is 6.07 Å². The first-order chi connectivity index (χ1) is 9.72. The third-order valence-electron chi connectivity index (χ3n) is 4.28. The largest absolute Gasteiger partial charge is 0.495 e. The molecule has 0 N–H and O–H groups in total. The smallest absolute Gasteiger partial charge is 0.167 e. The minimum atomic E-state index is 0.0768. The van der Waals surface area contributed by atoms with E-state index in [4.69, 9.17) is 4.74 Å². The van der Waals surface area contributed by atoms with Gasteiger partial charge in [-0.2, -0.15) is 17.0 Å². The van der Waals surface area contributed by atoms with Crippen molar-refractivity contribution >= 4 is 17.5 Å². The molecule has 2 heterocycles. The van der Waals surface area contributed by atoms with Crippen LogP contribution in [0.3, 0.4) is 0 Å². The molecule has 0 radical (unpaired) electrons. The Morgan fingerprint density at radius 2 is 2.05 bits per heavy atom. The lowest BCUT2D eigenvalue weighted by molar-refractivity contribution is 0.0906. The molecule has 0 spiro atoms. The molecular formula is C16H17NO2S. The molecule has 20 heavy (non-hydrogen) atoms. The standard InChI is InChI=1S/C16H17NO2S/c1-19-15-4-2-3-13(14(15)9-17)16(18)10-7-11-5-6-12(8-10)20-11/h2-4,10-12H,5-8H2,1H3. The van der Waals surface area contributed by atoms with Crippen LogP contribution in [-0.2, 0) is 0 Å². The van der Waals surface area contributed by atoms with Crippen LogP contribution in [0.4, 0.5) is 0 Å². The Kier molecular flexibility index (Phi) is 3.71. The van der Waals surface area contributed by atoms with Gasteiger partial charge < -0.3 is 4.74 Å². The van der Waals surface area contributed by atoms with Gasteiger partial charge in [0, 0.05) is 22.0 Å². The fourth-order valence-electron chi connectivity index (χ4n) is 3.31. The molecule has 2 aliphatic heterocycles. The fourth-order valence-corrected chi connectivity index (χ4v) is 5.09. The van der Waals surface area contributed by atoms with Crippen LogP contribution in [0, 0.1) is 17.2 Å². The number of thioether (sulfide) groups is 1. The number of hydrogen-bond donors (Lipinski definition) is 0. The van der Waals surface area contributed by atoms with Crippen LogP contribution >= 0.6 is 11.8 Å². The summed E-state index contributed by atoms with van der Waals surface area (Å²) >= 11 is 2.04. The summed E-state index contributed by atoms with van der Waals surface area (Å²) < 4.78 is 5.19. The number of benzene rings is 1. The molecule has 2 saturated heterocycles. The van der Waals surface area contributed by atoms with Crippen molar-refractivity contribution in [2.75, 3.05) is 7.11 Å². The zero-order valence-corrected chi connectivity index (χ0v) is 12.3. The van der Waals surface area contributed by atoms with Crippen LogP contribution in [0.1, 0.15) is 41.6 Å². The first kappa shape index (κ1) is 13.5. The van der Waals surface area contributed by atoms with Crippen molar-refractivity contribution in [3.05, 3.63) is 29.3 Å². The second-order valence-corrected chi connectivity index (χ2v) is 7.09. The number of Topliss-reactive ketones (excluding diaryl/α,β-unsaturated/α-hetero) is 1. The van der Waals surface area contributed by atoms with Gasteiger partial charge in [-0.25, -0.2) is 0 Å². The van der Waals surface area contributed by atoms with Gasteiger partial charge in [-0.1, -0.05) is 6.07 Å². The number of carbonyl (C=O) groups excluding carboxylic acids is 1. The average molecular weight is 287 g/mol. The first-order valence-electron chi connectivity index (χ1n) is 6.99. The van der Waals surface area contributed by atoms with E-state index in [1.807, 2.05) is 11.8 Å². The number of nitriles is 1. The Hall–Kier alpha value is -1.47. The highest BCUT2D eigenvalue weighted by Gasteiger charge is 2.38. The molecule has 2 fully saturated rings. The highest BCUT2D eigenvalue weighted by atomic mass is 32.2. The molecule has 0 saturated carbocycles. The van der Waals surface area contributed by atoms with Gasteiger partial charge in [0.05, 0.1) is 7.11 Å². The topological polar surface area (TPSA) is 50.1 Å². The Balaban J connectivity index is 1.89. The number of hydrogen-bond acceptors (Lipinski definition) is 4. The van der Waals surface area contributed by atoms with Crippen molar-refractivity contribution in [1.29, 1.82) is 5.26 Å². The lowest BCUT2D eigenvalue weighted by Crippen LogP contribution is -2.25. The van der Waals surface area contributed by atoms with Gasteiger partial charge in [0.25, 0.3) is 0 Å². The van der Waals surface area contributed by atoms with Crippen LogP contribution in [0.2, 0.25) is 0 Å². The Labute approximate surface area is 123 Å². The normalized spacial score (nSPS) is 27.9. The van der Waals surface area contributed by atoms with Crippen molar-refractivity contribution in [1.82, 2.24) is 0 Å². The SMILES string of the molecule is COc1cccc(C(=O)C2CC3CCC(C2)S3)c1C#N. The zero-order chi connectivity index (χ0) is 14.1. The van der Waals surface area contributed by atoms with E-state index >= 15 is 0 Å². The highest BCUT2D eigenvalue weighted by molar-refractivity contribution is 8.00. The number of methoxy groups -OCH3 is 1. The number of carbonyl (C=O) groups is 1. The molecule has 1 aromatic carbocycles. The van der Waals surface area contributed by atoms with E-state index in [0.29, 0.717) is 27.4 Å². The van der Waals surface area contributed by atoms with Crippen molar-refractivity contribution in [3.63, 3.8) is 0 Å². The van der Waals surface area contributed by atoms with Crippen LogP contribution in [0.25, 0.3) is 0 Å². The van der Waals surface area contributed by atoms with E-state index in [-0.39, 0.29) is 11.7 Å². The summed E-state index contributed by atoms with van der Waals surface area (Å²) in [6, 6.07) is 7.40. The third-order valence-corrected chi connectivity index (χ3v) is 5.91. The van der Waals surface area contributed by atoms with Crippen molar-refractivity contribution in [2.24, 2.45) is 5.92 Å². The number of nitrogens with zero attached hydrogens (tertiary/aromatic N) is 1. The monoisotopic (exact) mass is 287 g/mol. The molecule has 4 heteroatoms. The number of ketones is 1. The predicted molar refractivity (Wildman–Crippen MR) is 79.2 cm³/mol. The minimum Gasteiger partial charge on any atom is -0.495 e. The molecule has 3 nitrogen and oxygen atoms in total. The Morgan fingerprint density at radius 1 is 1.35 bits per heavy atom. The summed E-state index contributed by atoms with van der Waals surface area (Å²) in [6.07, 6.45) is 4.40. The predicted octanol–water partition coefficient (Wildman–Crippen LogP) is 3.42. The van der Waals surface area contributed by atoms with Crippen molar-refractivity contribution in [3.8, 4) is 11.8 Å². The van der Waals surface area contributed by atoms with Crippen LogP contribution in [-0.4, -0.2) is 23.4 Å². The van der Waals surface area contributed by atoms with Gasteiger partial charge >= 0.3 is 0 Å². The number of rotatable bonds is 3. The van der Waals surface area contributed by atoms with Gasteiger partial charge in [-0.15, -0.1) is 0 Å². The van der Waals surface area contributed by atoms with Gasteiger partial charge in [0.1, 0.15) is 17.4 Å². The van der Waals surface area contributed by atoms with Gasteiger partial charge in [-0.3, -0.25) is 4.79 Å². The van der Waals surface area contributed by atoms with Gasteiger partial charge in [0.2, 0.25) is 0 Å².